The number of nitrogens with zero attached hydrogens (tertiary/aromatic N) is 1. The van der Waals surface area contributed by atoms with Crippen molar-refractivity contribution in [3.63, 3.8) is 0 Å². The molecule has 136 valence electrons. The van der Waals surface area contributed by atoms with Gasteiger partial charge in [-0.15, -0.1) is 11.3 Å². The number of benzene rings is 2. The average Bonchev–Trinajstić information content (AvgIpc) is 3.05. The summed E-state index contributed by atoms with van der Waals surface area (Å²) >= 11 is 13.7. The molecule has 3 rings (SSSR count). The van der Waals surface area contributed by atoms with Gasteiger partial charge in [-0.3, -0.25) is 0 Å². The Hall–Kier alpha value is -1.60. The largest absolute Gasteiger partial charge is 0.416 e. The predicted octanol–water partition coefficient (Wildman–Crippen LogP) is 6.43. The Balaban J connectivity index is 1.63. The van der Waals surface area contributed by atoms with E-state index in [1.54, 1.807) is 18.3 Å². The molecule has 0 spiro atoms. The maximum absolute atomic E-state index is 12.7. The normalized spacial score (nSPS) is 11.7. The van der Waals surface area contributed by atoms with E-state index in [0.717, 1.165) is 27.6 Å². The van der Waals surface area contributed by atoms with Crippen molar-refractivity contribution < 1.29 is 13.2 Å². The Morgan fingerprint density at radius 2 is 1.81 bits per heavy atom. The molecule has 2 nitrogen and oxygen atoms in total. The van der Waals surface area contributed by atoms with Gasteiger partial charge in [0.05, 0.1) is 20.5 Å². The smallest absolute Gasteiger partial charge is 0.306 e. The molecule has 2 aromatic carbocycles. The van der Waals surface area contributed by atoms with Crippen molar-refractivity contribution in [2.24, 2.45) is 0 Å². The molecule has 0 aliphatic rings. The maximum Gasteiger partial charge on any atom is 0.416 e. The van der Waals surface area contributed by atoms with E-state index in [1.165, 1.54) is 17.4 Å². The molecule has 1 N–H and O–H groups in total. The molecule has 0 fully saturated rings. The van der Waals surface area contributed by atoms with Crippen LogP contribution in [0.25, 0.3) is 10.4 Å². The lowest BCUT2D eigenvalue weighted by atomic mass is 10.1. The first-order valence-electron chi connectivity index (χ1n) is 7.60. The van der Waals surface area contributed by atoms with E-state index in [2.05, 4.69) is 10.3 Å². The van der Waals surface area contributed by atoms with Crippen molar-refractivity contribution in [3.8, 4) is 10.4 Å². The fraction of sp³-hybridized carbons (Fsp3) is 0.167. The van der Waals surface area contributed by atoms with Gasteiger partial charge >= 0.3 is 6.18 Å². The van der Waals surface area contributed by atoms with Crippen molar-refractivity contribution in [2.75, 3.05) is 0 Å². The van der Waals surface area contributed by atoms with Gasteiger partial charge in [0.1, 0.15) is 5.01 Å². The van der Waals surface area contributed by atoms with Crippen molar-refractivity contribution in [1.29, 1.82) is 0 Å². The topological polar surface area (TPSA) is 24.9 Å². The summed E-state index contributed by atoms with van der Waals surface area (Å²) in [5, 5.41) is 4.86. The average molecular weight is 417 g/mol. The quantitative estimate of drug-likeness (QED) is 0.518. The monoisotopic (exact) mass is 416 g/mol. The molecule has 0 saturated heterocycles. The summed E-state index contributed by atoms with van der Waals surface area (Å²) in [4.78, 5) is 5.21. The Kier molecular flexibility index (Phi) is 5.87. The summed E-state index contributed by atoms with van der Waals surface area (Å²) in [6, 6.07) is 10.7. The van der Waals surface area contributed by atoms with E-state index in [0.29, 0.717) is 28.7 Å². The van der Waals surface area contributed by atoms with Gasteiger partial charge in [-0.2, -0.15) is 13.2 Å². The summed E-state index contributed by atoms with van der Waals surface area (Å²) in [6.07, 6.45) is -2.63. The zero-order chi connectivity index (χ0) is 18.7. The summed E-state index contributed by atoms with van der Waals surface area (Å²) in [5.41, 5.74) is 0.721. The highest BCUT2D eigenvalue weighted by atomic mass is 35.5. The summed E-state index contributed by atoms with van der Waals surface area (Å²) in [6.45, 7) is 0.760. The fourth-order valence-corrected chi connectivity index (χ4v) is 3.76. The third kappa shape index (κ3) is 4.57. The molecule has 0 aliphatic carbocycles. The fourth-order valence-electron chi connectivity index (χ4n) is 2.38. The van der Waals surface area contributed by atoms with Gasteiger partial charge in [-0.1, -0.05) is 53.5 Å². The molecule has 0 amide bonds. The van der Waals surface area contributed by atoms with Crippen LogP contribution in [0.1, 0.15) is 16.1 Å². The molecule has 8 heteroatoms. The molecule has 0 radical (unpaired) electrons. The number of alkyl halides is 3. The standard InChI is InChI=1S/C18H13Cl2F3N2S/c19-14-6-2-5-13(17(14)20)15-9-25-16(26-15)10-24-8-11-3-1-4-12(7-11)18(21,22)23/h1-7,9,24H,8,10H2. The van der Waals surface area contributed by atoms with Crippen LogP contribution in [0, 0.1) is 0 Å². The molecule has 3 aromatic rings. The minimum atomic E-state index is -4.34. The van der Waals surface area contributed by atoms with E-state index >= 15 is 0 Å². The van der Waals surface area contributed by atoms with Crippen molar-refractivity contribution >= 4 is 34.5 Å². The minimum absolute atomic E-state index is 0.316. The van der Waals surface area contributed by atoms with Crippen molar-refractivity contribution in [2.45, 2.75) is 19.3 Å². The van der Waals surface area contributed by atoms with Gasteiger partial charge in [0.15, 0.2) is 0 Å². The third-order valence-corrected chi connectivity index (χ3v) is 5.48. The maximum atomic E-state index is 12.7. The third-order valence-electron chi connectivity index (χ3n) is 3.63. The van der Waals surface area contributed by atoms with Crippen LogP contribution in [0.3, 0.4) is 0 Å². The number of thiazole rings is 1. The van der Waals surface area contributed by atoms with Crippen LogP contribution in [-0.2, 0) is 19.3 Å². The first-order chi connectivity index (χ1) is 12.3. The zero-order valence-electron chi connectivity index (χ0n) is 13.3. The van der Waals surface area contributed by atoms with E-state index in [1.807, 2.05) is 12.1 Å². The first-order valence-corrected chi connectivity index (χ1v) is 9.18. The van der Waals surface area contributed by atoms with Crippen LogP contribution in [0.4, 0.5) is 13.2 Å². The van der Waals surface area contributed by atoms with Crippen LogP contribution in [0.5, 0.6) is 0 Å². The van der Waals surface area contributed by atoms with Gasteiger partial charge in [-0.25, -0.2) is 4.98 Å². The number of aromatic nitrogens is 1. The molecule has 0 atom stereocenters. The van der Waals surface area contributed by atoms with Crippen molar-refractivity contribution in [1.82, 2.24) is 10.3 Å². The van der Waals surface area contributed by atoms with Gasteiger partial charge in [0, 0.05) is 24.8 Å². The summed E-state index contributed by atoms with van der Waals surface area (Å²) < 4.78 is 38.2. The molecule has 0 saturated carbocycles. The lowest BCUT2D eigenvalue weighted by molar-refractivity contribution is -0.137. The SMILES string of the molecule is FC(F)(F)c1cccc(CNCc2ncc(-c3cccc(Cl)c3Cl)s2)c1. The van der Waals surface area contributed by atoms with E-state index in [-0.39, 0.29) is 0 Å². The molecule has 26 heavy (non-hydrogen) atoms. The second-order valence-electron chi connectivity index (χ2n) is 5.52. The van der Waals surface area contributed by atoms with Gasteiger partial charge in [0.2, 0.25) is 0 Å². The molecule has 0 bridgehead atoms. The second-order valence-corrected chi connectivity index (χ2v) is 7.42. The van der Waals surface area contributed by atoms with Crippen molar-refractivity contribution in [3.05, 3.63) is 74.8 Å². The highest BCUT2D eigenvalue weighted by Gasteiger charge is 2.30. The van der Waals surface area contributed by atoms with Crippen LogP contribution < -0.4 is 5.32 Å². The lowest BCUT2D eigenvalue weighted by Gasteiger charge is -2.09. The number of hydrogen-bond donors (Lipinski definition) is 1. The number of halogens is 5. The lowest BCUT2D eigenvalue weighted by Crippen LogP contribution is -2.13. The van der Waals surface area contributed by atoms with Gasteiger partial charge in [-0.05, 0) is 17.7 Å². The zero-order valence-corrected chi connectivity index (χ0v) is 15.6. The summed E-state index contributed by atoms with van der Waals surface area (Å²) in [7, 11) is 0. The van der Waals surface area contributed by atoms with Crippen LogP contribution >= 0.6 is 34.5 Å². The van der Waals surface area contributed by atoms with Crippen LogP contribution in [0.15, 0.2) is 48.7 Å². The Labute approximate surface area is 162 Å². The van der Waals surface area contributed by atoms with E-state index < -0.39 is 11.7 Å². The second kappa shape index (κ2) is 7.96. The molecule has 1 aromatic heterocycles. The Morgan fingerprint density at radius 1 is 1.04 bits per heavy atom. The van der Waals surface area contributed by atoms with Gasteiger partial charge < -0.3 is 5.32 Å². The molecule has 0 aliphatic heterocycles. The number of hydrogen-bond acceptors (Lipinski definition) is 3. The first kappa shape index (κ1) is 19.2. The minimum Gasteiger partial charge on any atom is -0.306 e. The summed E-state index contributed by atoms with van der Waals surface area (Å²) in [5.74, 6) is 0. The Bertz CT molecular complexity index is 909. The van der Waals surface area contributed by atoms with E-state index in [4.69, 9.17) is 23.2 Å². The molecule has 1 heterocycles. The Morgan fingerprint density at radius 3 is 2.58 bits per heavy atom. The molecular weight excluding hydrogens is 404 g/mol. The van der Waals surface area contributed by atoms with E-state index in [9.17, 15) is 13.2 Å². The number of nitrogens with one attached hydrogen (secondary N) is 1. The highest BCUT2D eigenvalue weighted by molar-refractivity contribution is 7.15. The van der Waals surface area contributed by atoms with Crippen LogP contribution in [0.2, 0.25) is 10.0 Å². The molecular formula is C18H13Cl2F3N2S. The predicted molar refractivity (Wildman–Crippen MR) is 99.6 cm³/mol. The van der Waals surface area contributed by atoms with Gasteiger partial charge in [0.25, 0.3) is 0 Å². The van der Waals surface area contributed by atoms with Crippen LogP contribution in [-0.4, -0.2) is 4.98 Å². The molecule has 0 unspecified atom stereocenters. The highest BCUT2D eigenvalue weighted by Crippen LogP contribution is 2.36. The number of rotatable bonds is 5.